The smallest absolute Gasteiger partial charge is 0.170 e. The van der Waals surface area contributed by atoms with Gasteiger partial charge < -0.3 is 4.74 Å². The molecule has 3 aromatic rings. The van der Waals surface area contributed by atoms with E-state index in [0.29, 0.717) is 18.0 Å². The largest absolute Gasteiger partial charge is 0.485 e. The van der Waals surface area contributed by atoms with E-state index in [-0.39, 0.29) is 11.6 Å². The van der Waals surface area contributed by atoms with Gasteiger partial charge >= 0.3 is 0 Å². The number of nitrogens with zero attached hydrogens (tertiary/aromatic N) is 1. The van der Waals surface area contributed by atoms with Crippen molar-refractivity contribution in [2.45, 2.75) is 6.92 Å². The van der Waals surface area contributed by atoms with Gasteiger partial charge in [-0.1, -0.05) is 24.3 Å². The third-order valence-electron chi connectivity index (χ3n) is 4.06. The first kappa shape index (κ1) is 15.7. The number of fused-ring (bicyclic) bond motifs is 1. The van der Waals surface area contributed by atoms with E-state index in [1.807, 2.05) is 35.7 Å². The highest BCUT2D eigenvalue weighted by atomic mass is 32.1. The van der Waals surface area contributed by atoms with Crippen molar-refractivity contribution in [1.82, 2.24) is 0 Å². The van der Waals surface area contributed by atoms with Gasteiger partial charge in [-0.05, 0) is 41.6 Å². The van der Waals surface area contributed by atoms with Gasteiger partial charge in [0.05, 0.1) is 10.6 Å². The molecule has 0 saturated carbocycles. The molecule has 0 spiro atoms. The Balaban J connectivity index is 1.66. The van der Waals surface area contributed by atoms with E-state index in [1.165, 1.54) is 23.5 Å². The summed E-state index contributed by atoms with van der Waals surface area (Å²) in [5.41, 5.74) is 4.31. The van der Waals surface area contributed by atoms with Gasteiger partial charge in [0.1, 0.15) is 23.9 Å². The summed E-state index contributed by atoms with van der Waals surface area (Å²) in [5, 5.41) is 1.93. The van der Waals surface area contributed by atoms with Crippen LogP contribution >= 0.6 is 11.3 Å². The molecular weight excluding hydrogens is 337 g/mol. The van der Waals surface area contributed by atoms with Gasteiger partial charge in [-0.25, -0.2) is 9.38 Å². The number of carbonyl (C=O) groups excluding carboxylic acids is 1. The lowest BCUT2D eigenvalue weighted by molar-refractivity contribution is 0.102. The fraction of sp³-hybridized carbons (Fsp3) is 0.100. The van der Waals surface area contributed by atoms with E-state index in [1.54, 1.807) is 13.0 Å². The number of benzene rings is 2. The van der Waals surface area contributed by atoms with Crippen LogP contribution in [0.4, 0.5) is 10.1 Å². The predicted molar refractivity (Wildman–Crippen MR) is 97.9 cm³/mol. The zero-order valence-corrected chi connectivity index (χ0v) is 14.3. The van der Waals surface area contributed by atoms with Crippen molar-refractivity contribution < 1.29 is 13.9 Å². The molecule has 0 N–H and O–H groups in total. The predicted octanol–water partition coefficient (Wildman–Crippen LogP) is 5.27. The van der Waals surface area contributed by atoms with Crippen LogP contribution in [0.5, 0.6) is 5.75 Å². The average molecular weight is 351 g/mol. The third-order valence-corrected chi connectivity index (χ3v) is 5.07. The second kappa shape index (κ2) is 6.26. The molecule has 2 aromatic carbocycles. The van der Waals surface area contributed by atoms with Crippen molar-refractivity contribution >= 4 is 28.5 Å². The summed E-state index contributed by atoms with van der Waals surface area (Å²) in [4.78, 5) is 17.0. The maximum Gasteiger partial charge on any atom is 0.170 e. The van der Waals surface area contributed by atoms with Gasteiger partial charge in [0, 0.05) is 11.6 Å². The number of hydrogen-bond donors (Lipinski definition) is 0. The molecule has 2 heterocycles. The minimum atomic E-state index is -0.334. The number of aliphatic imine (C=N–C) groups is 1. The van der Waals surface area contributed by atoms with Gasteiger partial charge in [-0.2, -0.15) is 0 Å². The molecule has 3 nitrogen and oxygen atoms in total. The summed E-state index contributed by atoms with van der Waals surface area (Å²) in [5.74, 6) is 0.200. The first-order chi connectivity index (χ1) is 12.1. The Bertz CT molecular complexity index is 989. The van der Waals surface area contributed by atoms with E-state index in [9.17, 15) is 9.18 Å². The summed E-state index contributed by atoms with van der Waals surface area (Å²) in [6.45, 7) is 1.88. The van der Waals surface area contributed by atoms with Crippen molar-refractivity contribution in [3.8, 4) is 16.9 Å². The van der Waals surface area contributed by atoms with Crippen LogP contribution < -0.4 is 4.74 Å². The second-order valence-electron chi connectivity index (χ2n) is 5.76. The molecule has 4 rings (SSSR count). The number of rotatable bonds is 3. The zero-order chi connectivity index (χ0) is 17.4. The first-order valence-corrected chi connectivity index (χ1v) is 8.69. The molecule has 0 unspecified atom stereocenters. The van der Waals surface area contributed by atoms with Crippen LogP contribution in [-0.2, 0) is 0 Å². The molecule has 124 valence electrons. The molecule has 5 heteroatoms. The van der Waals surface area contributed by atoms with Gasteiger partial charge in [0.15, 0.2) is 5.78 Å². The SMILES string of the molecule is CC(=O)c1sccc1-c1ccc(C2=Nc3ccc(F)cc3OC2)cc1. The van der Waals surface area contributed by atoms with Gasteiger partial charge in [-0.15, -0.1) is 11.3 Å². The molecule has 25 heavy (non-hydrogen) atoms. The van der Waals surface area contributed by atoms with Gasteiger partial charge in [0.2, 0.25) is 0 Å². The van der Waals surface area contributed by atoms with Crippen molar-refractivity contribution in [1.29, 1.82) is 0 Å². The number of Topliss-reactive ketones (excluding diaryl/α,β-unsaturated/α-hetero) is 1. The zero-order valence-electron chi connectivity index (χ0n) is 13.5. The Morgan fingerprint density at radius 2 is 1.88 bits per heavy atom. The maximum absolute atomic E-state index is 13.2. The van der Waals surface area contributed by atoms with Crippen LogP contribution in [0.3, 0.4) is 0 Å². The molecule has 0 fully saturated rings. The number of hydrogen-bond acceptors (Lipinski definition) is 4. The summed E-state index contributed by atoms with van der Waals surface area (Å²) < 4.78 is 18.8. The molecule has 0 bridgehead atoms. The lowest BCUT2D eigenvalue weighted by Gasteiger charge is -2.17. The molecule has 0 radical (unpaired) electrons. The number of carbonyl (C=O) groups is 1. The molecule has 0 saturated heterocycles. The third kappa shape index (κ3) is 2.98. The molecule has 1 aromatic heterocycles. The highest BCUT2D eigenvalue weighted by Gasteiger charge is 2.16. The second-order valence-corrected chi connectivity index (χ2v) is 6.67. The van der Waals surface area contributed by atoms with Crippen molar-refractivity contribution in [2.24, 2.45) is 4.99 Å². The van der Waals surface area contributed by atoms with Crippen molar-refractivity contribution in [2.75, 3.05) is 6.61 Å². The molecule has 0 atom stereocenters. The number of ether oxygens (including phenoxy) is 1. The average Bonchev–Trinajstić information content (AvgIpc) is 3.11. The minimum absolute atomic E-state index is 0.0722. The van der Waals surface area contributed by atoms with E-state index < -0.39 is 0 Å². The summed E-state index contributed by atoms with van der Waals surface area (Å²) >= 11 is 1.45. The van der Waals surface area contributed by atoms with Crippen LogP contribution in [0, 0.1) is 5.82 Å². The minimum Gasteiger partial charge on any atom is -0.485 e. The molecule has 1 aliphatic rings. The standard InChI is InChI=1S/C20H14FNO2S/c1-12(23)20-16(8-9-25-20)13-2-4-14(5-3-13)18-11-24-19-10-15(21)6-7-17(19)22-18/h2-10H,11H2,1H3. The summed E-state index contributed by atoms with van der Waals surface area (Å²) in [6.07, 6.45) is 0. The normalized spacial score (nSPS) is 13.0. The van der Waals surface area contributed by atoms with Gasteiger partial charge in [0.25, 0.3) is 0 Å². The Kier molecular flexibility index (Phi) is 3.93. The fourth-order valence-electron chi connectivity index (χ4n) is 2.82. The van der Waals surface area contributed by atoms with Crippen LogP contribution in [-0.4, -0.2) is 18.1 Å². The Hall–Kier alpha value is -2.79. The Labute approximate surface area is 148 Å². The van der Waals surface area contributed by atoms with Crippen LogP contribution in [0.2, 0.25) is 0 Å². The quantitative estimate of drug-likeness (QED) is 0.603. The Morgan fingerprint density at radius 1 is 1.12 bits per heavy atom. The molecule has 0 aliphatic carbocycles. The molecule has 1 aliphatic heterocycles. The highest BCUT2D eigenvalue weighted by Crippen LogP contribution is 2.33. The first-order valence-electron chi connectivity index (χ1n) is 7.81. The molecular formula is C20H14FNO2S. The number of thiophene rings is 1. The highest BCUT2D eigenvalue weighted by molar-refractivity contribution is 7.12. The van der Waals surface area contributed by atoms with Crippen LogP contribution in [0.15, 0.2) is 58.9 Å². The number of halogens is 1. The monoisotopic (exact) mass is 351 g/mol. The summed E-state index contributed by atoms with van der Waals surface area (Å²) in [6, 6.07) is 14.2. The fourth-order valence-corrected chi connectivity index (χ4v) is 3.64. The van der Waals surface area contributed by atoms with E-state index in [2.05, 4.69) is 4.99 Å². The van der Waals surface area contributed by atoms with E-state index in [4.69, 9.17) is 4.74 Å². The maximum atomic E-state index is 13.2. The van der Waals surface area contributed by atoms with Crippen molar-refractivity contribution in [3.63, 3.8) is 0 Å². The molecule has 0 amide bonds. The van der Waals surface area contributed by atoms with Crippen LogP contribution in [0.1, 0.15) is 22.2 Å². The van der Waals surface area contributed by atoms with E-state index >= 15 is 0 Å². The van der Waals surface area contributed by atoms with Crippen LogP contribution in [0.25, 0.3) is 11.1 Å². The topological polar surface area (TPSA) is 38.7 Å². The Morgan fingerprint density at radius 3 is 2.64 bits per heavy atom. The lowest BCUT2D eigenvalue weighted by Crippen LogP contribution is -2.16. The number of ketones is 1. The summed E-state index contributed by atoms with van der Waals surface area (Å²) in [7, 11) is 0. The van der Waals surface area contributed by atoms with Crippen molar-refractivity contribution in [3.05, 3.63) is 70.2 Å². The van der Waals surface area contributed by atoms with Gasteiger partial charge in [-0.3, -0.25) is 4.79 Å². The lowest BCUT2D eigenvalue weighted by atomic mass is 10.0. The van der Waals surface area contributed by atoms with E-state index in [0.717, 1.165) is 27.3 Å².